The number of carbonyl (C=O) groups excluding carboxylic acids is 1. The lowest BCUT2D eigenvalue weighted by Crippen LogP contribution is -2.50. The smallest absolute Gasteiger partial charge is 0.223 e. The quantitative estimate of drug-likeness (QED) is 0.599. The average molecular weight is 495 g/mol. The molecule has 3 aliphatic heterocycles. The van der Waals surface area contributed by atoms with E-state index in [2.05, 4.69) is 35.6 Å². The molecule has 0 saturated carbocycles. The summed E-state index contributed by atoms with van der Waals surface area (Å²) in [6.07, 6.45) is 8.13. The summed E-state index contributed by atoms with van der Waals surface area (Å²) in [4.78, 5) is 23.7. The molecule has 2 unspecified atom stereocenters. The maximum Gasteiger partial charge on any atom is 0.223 e. The SMILES string of the molecule is Cc1c(OC2CCN(S(C)(=O)=O)CC2)ncnc1OC1CC2CCC(C1)N2C(=O)CC(C)(C)C. The summed E-state index contributed by atoms with van der Waals surface area (Å²) in [7, 11) is -3.17. The molecule has 0 N–H and O–H groups in total. The number of hydrogen-bond donors (Lipinski definition) is 0. The van der Waals surface area contributed by atoms with Crippen molar-refractivity contribution in [1.82, 2.24) is 19.2 Å². The molecule has 4 rings (SSSR count). The van der Waals surface area contributed by atoms with Crippen molar-refractivity contribution < 1.29 is 22.7 Å². The van der Waals surface area contributed by atoms with Crippen LogP contribution in [0.15, 0.2) is 6.33 Å². The summed E-state index contributed by atoms with van der Waals surface area (Å²) < 4.78 is 37.4. The average Bonchev–Trinajstić information content (AvgIpc) is 3.00. The number of sulfonamides is 1. The van der Waals surface area contributed by atoms with Crippen molar-refractivity contribution in [3.8, 4) is 11.8 Å². The van der Waals surface area contributed by atoms with Crippen molar-refractivity contribution in [2.24, 2.45) is 5.41 Å². The molecule has 2 bridgehead atoms. The van der Waals surface area contributed by atoms with Gasteiger partial charge in [-0.2, -0.15) is 0 Å². The van der Waals surface area contributed by atoms with E-state index in [-0.39, 0.29) is 35.6 Å². The van der Waals surface area contributed by atoms with Gasteiger partial charge in [-0.25, -0.2) is 22.7 Å². The Morgan fingerprint density at radius 2 is 1.53 bits per heavy atom. The van der Waals surface area contributed by atoms with Gasteiger partial charge in [0, 0.05) is 44.4 Å². The Morgan fingerprint density at radius 3 is 2.03 bits per heavy atom. The van der Waals surface area contributed by atoms with Crippen LogP contribution in [0.4, 0.5) is 0 Å². The molecule has 34 heavy (non-hydrogen) atoms. The lowest BCUT2D eigenvalue weighted by atomic mass is 9.90. The molecule has 1 amide bonds. The lowest BCUT2D eigenvalue weighted by Gasteiger charge is -2.40. The van der Waals surface area contributed by atoms with E-state index in [4.69, 9.17) is 9.47 Å². The molecule has 3 fully saturated rings. The molecule has 9 nitrogen and oxygen atoms in total. The topological polar surface area (TPSA) is 102 Å². The molecular formula is C24H38N4O5S. The monoisotopic (exact) mass is 494 g/mol. The van der Waals surface area contributed by atoms with E-state index in [9.17, 15) is 13.2 Å². The minimum atomic E-state index is -3.17. The first kappa shape index (κ1) is 25.2. The van der Waals surface area contributed by atoms with E-state index in [1.165, 1.54) is 16.9 Å². The van der Waals surface area contributed by atoms with Crippen molar-refractivity contribution in [3.05, 3.63) is 11.9 Å². The van der Waals surface area contributed by atoms with E-state index in [0.717, 1.165) is 31.2 Å². The maximum absolute atomic E-state index is 12.9. The molecule has 3 saturated heterocycles. The third kappa shape index (κ3) is 5.82. The van der Waals surface area contributed by atoms with Gasteiger partial charge in [0.1, 0.15) is 18.5 Å². The van der Waals surface area contributed by atoms with Crippen LogP contribution in [-0.4, -0.2) is 77.1 Å². The fourth-order valence-electron chi connectivity index (χ4n) is 5.43. The highest BCUT2D eigenvalue weighted by atomic mass is 32.2. The molecule has 190 valence electrons. The third-order valence-corrected chi connectivity index (χ3v) is 8.38. The summed E-state index contributed by atoms with van der Waals surface area (Å²) in [6, 6.07) is 0.466. The number of aromatic nitrogens is 2. The lowest BCUT2D eigenvalue weighted by molar-refractivity contribution is -0.139. The summed E-state index contributed by atoms with van der Waals surface area (Å²) in [5.74, 6) is 1.27. The van der Waals surface area contributed by atoms with Crippen LogP contribution in [-0.2, 0) is 14.8 Å². The van der Waals surface area contributed by atoms with Gasteiger partial charge in [-0.1, -0.05) is 20.8 Å². The van der Waals surface area contributed by atoms with Crippen LogP contribution in [0.5, 0.6) is 11.8 Å². The van der Waals surface area contributed by atoms with E-state index in [0.29, 0.717) is 44.1 Å². The molecule has 0 aliphatic carbocycles. The van der Waals surface area contributed by atoms with Crippen LogP contribution < -0.4 is 9.47 Å². The first-order chi connectivity index (χ1) is 15.9. The van der Waals surface area contributed by atoms with Gasteiger partial charge in [-0.3, -0.25) is 4.79 Å². The van der Waals surface area contributed by atoms with Crippen LogP contribution in [0.3, 0.4) is 0 Å². The number of rotatable bonds is 6. The summed E-state index contributed by atoms with van der Waals surface area (Å²) in [5, 5.41) is 0. The second-order valence-corrected chi connectivity index (χ2v) is 13.2. The Kier molecular flexibility index (Phi) is 7.11. The Morgan fingerprint density at radius 1 is 1.00 bits per heavy atom. The number of nitrogens with zero attached hydrogens (tertiary/aromatic N) is 4. The molecule has 1 aromatic rings. The van der Waals surface area contributed by atoms with Crippen LogP contribution in [0.2, 0.25) is 0 Å². The fourth-order valence-corrected chi connectivity index (χ4v) is 6.30. The number of amides is 1. The van der Waals surface area contributed by atoms with Gasteiger partial charge in [-0.05, 0) is 38.0 Å². The van der Waals surface area contributed by atoms with E-state index < -0.39 is 10.0 Å². The van der Waals surface area contributed by atoms with Crippen LogP contribution in [0.1, 0.15) is 71.3 Å². The van der Waals surface area contributed by atoms with Gasteiger partial charge >= 0.3 is 0 Å². The van der Waals surface area contributed by atoms with Crippen molar-refractivity contribution in [2.75, 3.05) is 19.3 Å². The summed E-state index contributed by atoms with van der Waals surface area (Å²) >= 11 is 0. The number of ether oxygens (including phenoxy) is 2. The zero-order valence-electron chi connectivity index (χ0n) is 21.0. The minimum Gasteiger partial charge on any atom is -0.474 e. The van der Waals surface area contributed by atoms with Gasteiger partial charge < -0.3 is 14.4 Å². The zero-order valence-corrected chi connectivity index (χ0v) is 21.8. The highest BCUT2D eigenvalue weighted by Crippen LogP contribution is 2.39. The second-order valence-electron chi connectivity index (χ2n) is 11.2. The Hall–Kier alpha value is -1.94. The zero-order chi connectivity index (χ0) is 24.7. The van der Waals surface area contributed by atoms with Crippen LogP contribution >= 0.6 is 0 Å². The van der Waals surface area contributed by atoms with Crippen molar-refractivity contribution in [3.63, 3.8) is 0 Å². The molecule has 0 spiro atoms. The number of carbonyl (C=O) groups is 1. The summed E-state index contributed by atoms with van der Waals surface area (Å²) in [5.41, 5.74) is 0.742. The number of piperidine rings is 2. The second kappa shape index (κ2) is 9.60. The van der Waals surface area contributed by atoms with Gasteiger partial charge in [0.15, 0.2) is 0 Å². The molecule has 1 aromatic heterocycles. The Balaban J connectivity index is 1.36. The predicted molar refractivity (Wildman–Crippen MR) is 128 cm³/mol. The Labute approximate surface area is 203 Å². The van der Waals surface area contributed by atoms with E-state index in [1.807, 2.05) is 6.92 Å². The first-order valence-electron chi connectivity index (χ1n) is 12.3. The molecule has 2 atom stereocenters. The van der Waals surface area contributed by atoms with Gasteiger partial charge in [0.2, 0.25) is 27.7 Å². The normalized spacial score (nSPS) is 26.5. The van der Waals surface area contributed by atoms with Gasteiger partial charge in [-0.15, -0.1) is 0 Å². The van der Waals surface area contributed by atoms with Gasteiger partial charge in [0.25, 0.3) is 0 Å². The minimum absolute atomic E-state index is 0.00985. The summed E-state index contributed by atoms with van der Waals surface area (Å²) in [6.45, 7) is 9.12. The van der Waals surface area contributed by atoms with Crippen molar-refractivity contribution in [2.45, 2.75) is 96.9 Å². The maximum atomic E-state index is 12.9. The molecule has 10 heteroatoms. The fraction of sp³-hybridized carbons (Fsp3) is 0.792. The van der Waals surface area contributed by atoms with Gasteiger partial charge in [0.05, 0.1) is 11.8 Å². The standard InChI is InChI=1S/C24H38N4O5S/c1-16-22(32-19-8-10-27(11-9-19)34(5,30)31)25-15-26-23(16)33-20-12-17-6-7-18(13-20)28(17)21(29)14-24(2,3)4/h15,17-20H,6-14H2,1-5H3. The van der Waals surface area contributed by atoms with Crippen LogP contribution in [0.25, 0.3) is 0 Å². The largest absolute Gasteiger partial charge is 0.474 e. The van der Waals surface area contributed by atoms with E-state index in [1.54, 1.807) is 0 Å². The van der Waals surface area contributed by atoms with Crippen molar-refractivity contribution >= 4 is 15.9 Å². The van der Waals surface area contributed by atoms with Crippen molar-refractivity contribution in [1.29, 1.82) is 0 Å². The number of fused-ring (bicyclic) bond motifs is 2. The molecule has 0 radical (unpaired) electrons. The van der Waals surface area contributed by atoms with Crippen LogP contribution in [0, 0.1) is 12.3 Å². The predicted octanol–water partition coefficient (Wildman–Crippen LogP) is 2.92. The molecule has 4 heterocycles. The Bertz CT molecular complexity index is 987. The molecular weight excluding hydrogens is 456 g/mol. The third-order valence-electron chi connectivity index (χ3n) is 7.08. The highest BCUT2D eigenvalue weighted by Gasteiger charge is 2.44. The molecule has 3 aliphatic rings. The molecule has 0 aromatic carbocycles. The first-order valence-corrected chi connectivity index (χ1v) is 14.2. The number of hydrogen-bond acceptors (Lipinski definition) is 7. The van der Waals surface area contributed by atoms with E-state index >= 15 is 0 Å². The highest BCUT2D eigenvalue weighted by molar-refractivity contribution is 7.88.